The predicted molar refractivity (Wildman–Crippen MR) is 100 cm³/mol. The molecule has 3 rings (SSSR count). The third kappa shape index (κ3) is 5.01. The molecule has 0 radical (unpaired) electrons. The summed E-state index contributed by atoms with van der Waals surface area (Å²) in [6, 6.07) is 3.57. The number of ketones is 1. The molecule has 0 spiro atoms. The average Bonchev–Trinajstić information content (AvgIpc) is 3.18. The Hall–Kier alpha value is -2.06. The summed E-state index contributed by atoms with van der Waals surface area (Å²) in [6.07, 6.45) is 4.68. The second-order valence-electron chi connectivity index (χ2n) is 6.68. The van der Waals surface area contributed by atoms with Crippen molar-refractivity contribution >= 4 is 23.5 Å². The van der Waals surface area contributed by atoms with Gasteiger partial charge in [-0.2, -0.15) is 5.26 Å². The van der Waals surface area contributed by atoms with Crippen LogP contribution in [0.1, 0.15) is 23.5 Å². The molecule has 1 atom stereocenters. The van der Waals surface area contributed by atoms with Gasteiger partial charge in [0, 0.05) is 37.3 Å². The van der Waals surface area contributed by atoms with E-state index < -0.39 is 0 Å². The zero-order valence-corrected chi connectivity index (χ0v) is 15.8. The van der Waals surface area contributed by atoms with E-state index in [0.29, 0.717) is 11.6 Å². The van der Waals surface area contributed by atoms with E-state index in [1.165, 1.54) is 0 Å². The van der Waals surface area contributed by atoms with Gasteiger partial charge in [-0.25, -0.2) is 15.0 Å². The molecule has 2 aliphatic heterocycles. The highest BCUT2D eigenvalue weighted by molar-refractivity contribution is 7.99. The lowest BCUT2D eigenvalue weighted by atomic mass is 10.0. The van der Waals surface area contributed by atoms with Crippen molar-refractivity contribution < 1.29 is 9.59 Å². The van der Waals surface area contributed by atoms with Crippen LogP contribution < -0.4 is 5.84 Å². The lowest BCUT2D eigenvalue weighted by Crippen LogP contribution is -2.53. The first kappa shape index (κ1) is 19.7. The Morgan fingerprint density at radius 1 is 1.33 bits per heavy atom. The summed E-state index contributed by atoms with van der Waals surface area (Å²) in [7, 11) is 0. The number of amides is 1. The molecule has 3 heterocycles. The van der Waals surface area contributed by atoms with Crippen LogP contribution in [0.25, 0.3) is 0 Å². The van der Waals surface area contributed by atoms with E-state index in [1.807, 2.05) is 0 Å². The van der Waals surface area contributed by atoms with Crippen LogP contribution in [0.2, 0.25) is 0 Å². The second-order valence-corrected chi connectivity index (χ2v) is 7.68. The molecule has 2 aliphatic rings. The largest absolute Gasteiger partial charge is 0.315 e. The quantitative estimate of drug-likeness (QED) is 0.398. The number of hydrazine groups is 1. The van der Waals surface area contributed by atoms with Crippen molar-refractivity contribution in [2.45, 2.75) is 24.9 Å². The fourth-order valence-corrected chi connectivity index (χ4v) is 4.40. The number of carbonyl (C=O) groups excluding carboxylic acids is 2. The minimum Gasteiger partial charge on any atom is -0.315 e. The number of thioether (sulfide) groups is 1. The summed E-state index contributed by atoms with van der Waals surface area (Å²) in [5.74, 6) is 7.38. The number of nitrogens with two attached hydrogens (primary N) is 1. The maximum Gasteiger partial charge on any atom is 0.239 e. The van der Waals surface area contributed by atoms with Gasteiger partial charge in [0.15, 0.2) is 5.82 Å². The highest BCUT2D eigenvalue weighted by Gasteiger charge is 2.32. The lowest BCUT2D eigenvalue weighted by Gasteiger charge is -2.36. The number of aromatic nitrogens is 2. The van der Waals surface area contributed by atoms with Crippen molar-refractivity contribution in [1.29, 1.82) is 5.26 Å². The van der Waals surface area contributed by atoms with Gasteiger partial charge in [-0.1, -0.05) is 0 Å². The number of likely N-dealkylation sites (tertiary alicyclic amines) is 1. The van der Waals surface area contributed by atoms with E-state index >= 15 is 0 Å². The van der Waals surface area contributed by atoms with Gasteiger partial charge in [0.1, 0.15) is 6.04 Å². The first-order valence-electron chi connectivity index (χ1n) is 8.89. The minimum atomic E-state index is -0.357. The molecule has 0 aliphatic carbocycles. The molecular weight excluding hydrogens is 366 g/mol. The van der Waals surface area contributed by atoms with Crippen molar-refractivity contribution in [1.82, 2.24) is 24.8 Å². The Bertz CT molecular complexity index is 703. The molecule has 0 saturated carbocycles. The van der Waals surface area contributed by atoms with Gasteiger partial charge in [0.05, 0.1) is 25.0 Å². The molecule has 2 N–H and O–H groups in total. The Labute approximate surface area is 162 Å². The van der Waals surface area contributed by atoms with Crippen LogP contribution in [0.15, 0.2) is 18.5 Å². The molecule has 144 valence electrons. The molecule has 1 aromatic rings. The molecule has 1 unspecified atom stereocenters. The summed E-state index contributed by atoms with van der Waals surface area (Å²) in [5.41, 5.74) is 0. The van der Waals surface area contributed by atoms with Crippen molar-refractivity contribution in [2.24, 2.45) is 5.84 Å². The standard InChI is InChI=1S/C17H23N7O2S/c18-8-14-11-27-12-23(14)16(26)10-24(19)13-2-6-22(7-3-13)9-15(25)17-20-4-1-5-21-17/h1,4-5,13-14H,2-3,6-7,9-12,19H2. The molecule has 27 heavy (non-hydrogen) atoms. The van der Waals surface area contributed by atoms with Gasteiger partial charge in [0.2, 0.25) is 11.7 Å². The summed E-state index contributed by atoms with van der Waals surface area (Å²) < 4.78 is 0. The van der Waals surface area contributed by atoms with Gasteiger partial charge in [-0.05, 0) is 18.9 Å². The summed E-state index contributed by atoms with van der Waals surface area (Å²) in [6.45, 7) is 1.85. The zero-order chi connectivity index (χ0) is 19.2. The number of piperidine rings is 1. The molecule has 10 heteroatoms. The van der Waals surface area contributed by atoms with Crippen molar-refractivity contribution in [3.63, 3.8) is 0 Å². The minimum absolute atomic E-state index is 0.0871. The normalized spacial score (nSPS) is 21.4. The van der Waals surface area contributed by atoms with Crippen LogP contribution in [0, 0.1) is 11.3 Å². The van der Waals surface area contributed by atoms with Crippen LogP contribution >= 0.6 is 11.8 Å². The van der Waals surface area contributed by atoms with Crippen LogP contribution in [0.3, 0.4) is 0 Å². The molecule has 1 amide bonds. The van der Waals surface area contributed by atoms with Crippen molar-refractivity contribution in [3.05, 3.63) is 24.3 Å². The van der Waals surface area contributed by atoms with Crippen molar-refractivity contribution in [2.75, 3.05) is 37.8 Å². The molecular formula is C17H23N7O2S. The third-order valence-corrected chi connectivity index (χ3v) is 5.89. The number of nitrogens with zero attached hydrogens (tertiary/aromatic N) is 6. The van der Waals surface area contributed by atoms with Crippen LogP contribution in [0.5, 0.6) is 0 Å². The SMILES string of the molecule is N#CC1CSCN1C(=O)CN(N)C1CCN(CC(=O)c2ncccn2)CC1. The average molecular weight is 389 g/mol. The third-order valence-electron chi connectivity index (χ3n) is 4.88. The van der Waals surface area contributed by atoms with Gasteiger partial charge in [0.25, 0.3) is 0 Å². The summed E-state index contributed by atoms with van der Waals surface area (Å²) in [5, 5.41) is 10.7. The van der Waals surface area contributed by atoms with Crippen LogP contribution in [-0.2, 0) is 4.79 Å². The first-order valence-corrected chi connectivity index (χ1v) is 10.0. The van der Waals surface area contributed by atoms with E-state index in [9.17, 15) is 9.59 Å². The highest BCUT2D eigenvalue weighted by Crippen LogP contribution is 2.21. The van der Waals surface area contributed by atoms with E-state index in [0.717, 1.165) is 25.9 Å². The van der Waals surface area contributed by atoms with Crippen molar-refractivity contribution in [3.8, 4) is 6.07 Å². The molecule has 0 bridgehead atoms. The fourth-order valence-electron chi connectivity index (χ4n) is 3.30. The maximum absolute atomic E-state index is 12.4. The smallest absolute Gasteiger partial charge is 0.239 e. The number of hydrogen-bond acceptors (Lipinski definition) is 9. The lowest BCUT2D eigenvalue weighted by molar-refractivity contribution is -0.132. The summed E-state index contributed by atoms with van der Waals surface area (Å²) in [4.78, 5) is 36.2. The van der Waals surface area contributed by atoms with Gasteiger partial charge in [-0.3, -0.25) is 20.3 Å². The number of hydrogen-bond donors (Lipinski definition) is 1. The monoisotopic (exact) mass is 389 g/mol. The summed E-state index contributed by atoms with van der Waals surface area (Å²) >= 11 is 1.58. The molecule has 2 saturated heterocycles. The topological polar surface area (TPSA) is 119 Å². The van der Waals surface area contributed by atoms with Gasteiger partial charge < -0.3 is 4.90 Å². The van der Waals surface area contributed by atoms with Crippen LogP contribution in [-0.4, -0.2) is 86.4 Å². The van der Waals surface area contributed by atoms with E-state index in [-0.39, 0.29) is 42.7 Å². The van der Waals surface area contributed by atoms with E-state index in [1.54, 1.807) is 40.1 Å². The number of rotatable bonds is 6. The first-order chi connectivity index (χ1) is 13.1. The molecule has 0 aromatic carbocycles. The maximum atomic E-state index is 12.4. The molecule has 1 aromatic heterocycles. The zero-order valence-electron chi connectivity index (χ0n) is 15.0. The van der Waals surface area contributed by atoms with Gasteiger partial charge in [-0.15, -0.1) is 11.8 Å². The molecule has 2 fully saturated rings. The number of carbonyl (C=O) groups is 2. The highest BCUT2D eigenvalue weighted by atomic mass is 32.2. The van der Waals surface area contributed by atoms with Crippen LogP contribution in [0.4, 0.5) is 0 Å². The Morgan fingerprint density at radius 2 is 2.04 bits per heavy atom. The fraction of sp³-hybridized carbons (Fsp3) is 0.588. The Kier molecular flexibility index (Phi) is 6.73. The van der Waals surface area contributed by atoms with E-state index in [4.69, 9.17) is 11.1 Å². The number of Topliss-reactive ketones (excluding diaryl/α,β-unsaturated/α-hetero) is 1. The van der Waals surface area contributed by atoms with Gasteiger partial charge >= 0.3 is 0 Å². The van der Waals surface area contributed by atoms with E-state index in [2.05, 4.69) is 20.9 Å². The Morgan fingerprint density at radius 3 is 2.70 bits per heavy atom. The predicted octanol–water partition coefficient (Wildman–Crippen LogP) is -0.276. The molecule has 9 nitrogen and oxygen atoms in total. The number of nitriles is 1. The second kappa shape index (κ2) is 9.23. The Balaban J connectivity index is 1.44.